The lowest BCUT2D eigenvalue weighted by Gasteiger charge is -2.32. The highest BCUT2D eigenvalue weighted by Crippen LogP contribution is 2.27. The van der Waals surface area contributed by atoms with Gasteiger partial charge in [-0.05, 0) is 35.9 Å². The molecular weight excluding hydrogens is 402 g/mol. The number of amides is 1. The Morgan fingerprint density at radius 3 is 3.04 bits per heavy atom. The van der Waals surface area contributed by atoms with Gasteiger partial charge in [-0.1, -0.05) is 41.1 Å². The first-order chi connectivity index (χ1) is 13.1. The third-order valence-electron chi connectivity index (χ3n) is 4.70. The molecule has 8 heteroatoms. The summed E-state index contributed by atoms with van der Waals surface area (Å²) in [5.74, 6) is -0.105. The Kier molecular flexibility index (Phi) is 5.43. The van der Waals surface area contributed by atoms with Gasteiger partial charge < -0.3 is 10.2 Å². The maximum Gasteiger partial charge on any atom is 0.255 e. The van der Waals surface area contributed by atoms with Crippen molar-refractivity contribution in [3.05, 3.63) is 55.8 Å². The van der Waals surface area contributed by atoms with Crippen molar-refractivity contribution in [2.24, 2.45) is 5.92 Å². The molecule has 3 aromatic rings. The summed E-state index contributed by atoms with van der Waals surface area (Å²) in [4.78, 5) is 31.6. The molecule has 1 aliphatic heterocycles. The average Bonchev–Trinajstić information content (AvgIpc) is 3.16. The first-order valence-corrected chi connectivity index (χ1v) is 10.8. The van der Waals surface area contributed by atoms with Gasteiger partial charge in [0.25, 0.3) is 4.74 Å². The molecule has 2 aromatic heterocycles. The van der Waals surface area contributed by atoms with Crippen LogP contribution in [0.5, 0.6) is 0 Å². The second-order valence-corrected chi connectivity index (χ2v) is 8.78. The van der Waals surface area contributed by atoms with E-state index >= 15 is 0 Å². The lowest BCUT2D eigenvalue weighted by molar-refractivity contribution is -0.125. The molecule has 27 heavy (non-hydrogen) atoms. The zero-order valence-electron chi connectivity index (χ0n) is 14.5. The monoisotopic (exact) mass is 419 g/mol. The van der Waals surface area contributed by atoms with E-state index in [2.05, 4.69) is 15.2 Å². The van der Waals surface area contributed by atoms with Crippen LogP contribution in [0.25, 0.3) is 10.2 Å². The number of benzene rings is 1. The van der Waals surface area contributed by atoms with Crippen LogP contribution in [0, 0.1) is 5.92 Å². The first kappa shape index (κ1) is 18.4. The molecule has 0 saturated carbocycles. The average molecular weight is 420 g/mol. The second kappa shape index (κ2) is 7.96. The van der Waals surface area contributed by atoms with Crippen molar-refractivity contribution < 1.29 is 4.79 Å². The fourth-order valence-electron chi connectivity index (χ4n) is 3.27. The SMILES string of the molecule is O=C(NCc1ccccc1Cl)[C@H]1CCCN(c2nc3ccsc3c(=O)s2)C1. The highest BCUT2D eigenvalue weighted by molar-refractivity contribution is 7.21. The van der Waals surface area contributed by atoms with Crippen molar-refractivity contribution in [3.8, 4) is 0 Å². The maximum atomic E-state index is 12.6. The largest absolute Gasteiger partial charge is 0.352 e. The lowest BCUT2D eigenvalue weighted by atomic mass is 9.97. The van der Waals surface area contributed by atoms with Crippen LogP contribution in [0.1, 0.15) is 18.4 Å². The summed E-state index contributed by atoms with van der Waals surface area (Å²) < 4.78 is 0.741. The standard InChI is InChI=1S/C19H18ClN3O2S2/c20-14-6-2-1-4-12(14)10-21-17(24)13-5-3-8-23(11-13)19-22-15-7-9-26-16(15)18(25)27-19/h1-2,4,6-7,9,13H,3,5,8,10-11H2,(H,21,24)/t13-/m0/s1. The molecule has 140 valence electrons. The molecule has 5 nitrogen and oxygen atoms in total. The van der Waals surface area contributed by atoms with E-state index < -0.39 is 0 Å². The van der Waals surface area contributed by atoms with Crippen LogP contribution in [0.3, 0.4) is 0 Å². The van der Waals surface area contributed by atoms with E-state index in [1.807, 2.05) is 35.7 Å². The van der Waals surface area contributed by atoms with Crippen molar-refractivity contribution >= 4 is 55.5 Å². The molecular formula is C19H18ClN3O2S2. The van der Waals surface area contributed by atoms with Crippen LogP contribution in [-0.4, -0.2) is 24.0 Å². The van der Waals surface area contributed by atoms with Crippen LogP contribution < -0.4 is 15.0 Å². The molecule has 1 saturated heterocycles. The third kappa shape index (κ3) is 4.00. The van der Waals surface area contributed by atoms with E-state index in [9.17, 15) is 9.59 Å². The summed E-state index contributed by atoms with van der Waals surface area (Å²) in [5, 5.41) is 6.23. The minimum atomic E-state index is -0.122. The molecule has 0 bridgehead atoms. The number of carbonyl (C=O) groups excluding carboxylic acids is 1. The predicted molar refractivity (Wildman–Crippen MR) is 112 cm³/mol. The highest BCUT2D eigenvalue weighted by Gasteiger charge is 2.27. The van der Waals surface area contributed by atoms with Crippen molar-refractivity contribution in [3.63, 3.8) is 0 Å². The van der Waals surface area contributed by atoms with E-state index in [1.54, 1.807) is 0 Å². The van der Waals surface area contributed by atoms with Gasteiger partial charge in [-0.15, -0.1) is 11.3 Å². The van der Waals surface area contributed by atoms with Gasteiger partial charge in [-0.25, -0.2) is 4.98 Å². The van der Waals surface area contributed by atoms with E-state index in [0.29, 0.717) is 27.9 Å². The van der Waals surface area contributed by atoms with E-state index in [1.165, 1.54) is 11.3 Å². The first-order valence-electron chi connectivity index (χ1n) is 8.76. The van der Waals surface area contributed by atoms with Crippen molar-refractivity contribution in [1.29, 1.82) is 0 Å². The van der Waals surface area contributed by atoms with Gasteiger partial charge in [0.1, 0.15) is 4.70 Å². The minimum absolute atomic E-state index is 0.0172. The van der Waals surface area contributed by atoms with Gasteiger partial charge in [-0.2, -0.15) is 0 Å². The maximum absolute atomic E-state index is 12.6. The molecule has 1 amide bonds. The topological polar surface area (TPSA) is 62.3 Å². The molecule has 0 unspecified atom stereocenters. The van der Waals surface area contributed by atoms with E-state index in [-0.39, 0.29) is 16.6 Å². The Balaban J connectivity index is 1.44. The summed E-state index contributed by atoms with van der Waals surface area (Å²) in [7, 11) is 0. The predicted octanol–water partition coefficient (Wildman–Crippen LogP) is 3.90. The van der Waals surface area contributed by atoms with Crippen molar-refractivity contribution in [1.82, 2.24) is 10.3 Å². The smallest absolute Gasteiger partial charge is 0.255 e. The summed E-state index contributed by atoms with van der Waals surface area (Å²) >= 11 is 8.74. The van der Waals surface area contributed by atoms with Crippen molar-refractivity contribution in [2.75, 3.05) is 18.0 Å². The van der Waals surface area contributed by atoms with E-state index in [4.69, 9.17) is 11.6 Å². The fraction of sp³-hybridized carbons (Fsp3) is 0.316. The number of anilines is 1. The molecule has 1 aromatic carbocycles. The number of rotatable bonds is 4. The Morgan fingerprint density at radius 2 is 2.19 bits per heavy atom. The Morgan fingerprint density at radius 1 is 1.33 bits per heavy atom. The van der Waals surface area contributed by atoms with Gasteiger partial charge in [0.2, 0.25) is 5.91 Å². The van der Waals surface area contributed by atoms with Gasteiger partial charge >= 0.3 is 0 Å². The number of carbonyl (C=O) groups is 1. The summed E-state index contributed by atoms with van der Waals surface area (Å²) in [6, 6.07) is 9.38. The highest BCUT2D eigenvalue weighted by atomic mass is 35.5. The number of hydrogen-bond donors (Lipinski definition) is 1. The molecule has 3 heterocycles. The molecule has 0 aliphatic carbocycles. The van der Waals surface area contributed by atoms with Gasteiger partial charge in [-0.3, -0.25) is 9.59 Å². The second-order valence-electron chi connectivity index (χ2n) is 6.51. The van der Waals surface area contributed by atoms with Crippen LogP contribution in [0.15, 0.2) is 40.5 Å². The van der Waals surface area contributed by atoms with Crippen molar-refractivity contribution in [2.45, 2.75) is 19.4 Å². The third-order valence-corrected chi connectivity index (χ3v) is 7.03. The summed E-state index contributed by atoms with van der Waals surface area (Å²) in [6.45, 7) is 1.81. The van der Waals surface area contributed by atoms with Crippen LogP contribution in [0.4, 0.5) is 5.13 Å². The Hall–Kier alpha value is -1.96. The molecule has 1 atom stereocenters. The zero-order valence-corrected chi connectivity index (χ0v) is 16.9. The normalized spacial score (nSPS) is 17.2. The number of halogens is 1. The van der Waals surface area contributed by atoms with E-state index in [0.717, 1.165) is 41.8 Å². The number of nitrogens with one attached hydrogen (secondary N) is 1. The number of fused-ring (bicyclic) bond motifs is 1. The number of hydrogen-bond acceptors (Lipinski definition) is 6. The number of piperidine rings is 1. The number of thiophene rings is 1. The molecule has 4 rings (SSSR count). The number of aromatic nitrogens is 1. The van der Waals surface area contributed by atoms with Crippen LogP contribution in [-0.2, 0) is 11.3 Å². The fourth-order valence-corrected chi connectivity index (χ4v) is 5.20. The quantitative estimate of drug-likeness (QED) is 0.696. The lowest BCUT2D eigenvalue weighted by Crippen LogP contribution is -2.43. The Labute approximate surface area is 169 Å². The van der Waals surface area contributed by atoms with Gasteiger partial charge in [0, 0.05) is 24.7 Å². The zero-order chi connectivity index (χ0) is 18.8. The molecule has 1 fully saturated rings. The van der Waals surface area contributed by atoms with Gasteiger partial charge in [0.15, 0.2) is 5.13 Å². The number of nitrogens with zero attached hydrogens (tertiary/aromatic N) is 2. The Bertz CT molecular complexity index is 1030. The summed E-state index contributed by atoms with van der Waals surface area (Å²) in [5.41, 5.74) is 1.65. The summed E-state index contributed by atoms with van der Waals surface area (Å²) in [6.07, 6.45) is 1.73. The molecule has 0 spiro atoms. The van der Waals surface area contributed by atoms with Crippen LogP contribution >= 0.6 is 34.3 Å². The minimum Gasteiger partial charge on any atom is -0.352 e. The molecule has 1 N–H and O–H groups in total. The molecule has 0 radical (unpaired) electrons. The molecule has 1 aliphatic rings. The van der Waals surface area contributed by atoms with Gasteiger partial charge in [0.05, 0.1) is 11.4 Å². The van der Waals surface area contributed by atoms with Crippen LogP contribution in [0.2, 0.25) is 5.02 Å².